The molecule has 3 heterocycles. The fraction of sp³-hybridized carbons (Fsp3) is 0.0149. The normalized spacial score (nSPS) is 11.8. The molecule has 3 aromatic heterocycles. The predicted octanol–water partition coefficient (Wildman–Crippen LogP) is 31.0. The number of rotatable bonds is 18. The number of benzene rings is 20. The van der Waals surface area contributed by atoms with Gasteiger partial charge in [-0.2, -0.15) is 0 Å². The molecule has 0 aliphatic heterocycles. The molecule has 0 fully saturated rings. The predicted molar refractivity (Wildman–Crippen MR) is 616 cm³/mol. The monoisotopic (exact) mass is 2020 g/mol. The highest BCUT2D eigenvalue weighted by molar-refractivity contribution is 9.10. The maximum absolute atomic E-state index is 9.72. The maximum atomic E-state index is 9.72. The second-order valence-corrected chi connectivity index (χ2v) is 38.1. The van der Waals surface area contributed by atoms with Crippen LogP contribution in [0.4, 0.5) is 0 Å². The summed E-state index contributed by atoms with van der Waals surface area (Å²) in [4.78, 5) is 29.6. The molecule has 712 valence electrons. The summed E-state index contributed by atoms with van der Waals surface area (Å²) in [5, 5.41) is 38.0. The van der Waals surface area contributed by atoms with E-state index in [0.29, 0.717) is 27.6 Å². The van der Waals surface area contributed by atoms with Gasteiger partial charge in [0, 0.05) is 64.6 Å². The van der Waals surface area contributed by atoms with E-state index >= 15 is 0 Å². The zero-order chi connectivity index (χ0) is 101. The Morgan fingerprint density at radius 1 is 0.174 bits per heavy atom. The summed E-state index contributed by atoms with van der Waals surface area (Å²) in [5.41, 5.74) is 36.3. The molecule has 0 saturated carbocycles. The number of nitrogens with zero attached hydrogens (tertiary/aromatic N) is 6. The van der Waals surface area contributed by atoms with Gasteiger partial charge in [0.25, 0.3) is 0 Å². The second kappa shape index (κ2) is 45.1. The lowest BCUT2D eigenvalue weighted by atomic mass is 9.67. The molecule has 25 rings (SSSR count). The highest BCUT2D eigenvalue weighted by atomic mass is 79.9. The van der Waals surface area contributed by atoms with Crippen LogP contribution in [0.2, 0.25) is 10.0 Å². The van der Waals surface area contributed by atoms with Gasteiger partial charge < -0.3 is 20.1 Å². The molecule has 0 radical (unpaired) electrons. The standard InChI is InChI=1S/C53H36N2.C28H19ClN2.C25H19BO2.C22H15BrN2.C6H6BClO2/c1-5-17-37(18-6-1)50-36-51(38-19-7-2-8-20-38)55-52(54-50)43-24-16-23-41(34-43)39-21-15-22-40(33-39)42-31-32-49-47(35-42)46-29-13-14-30-48(46)53(49,44-25-9-3-10-26-44)45-27-11-4-12-28-45;29-25-16-8-14-23(18-25)22-13-7-15-24(17-22)28-30-26(20-9-3-1-4-10-20)19-27(31-28)21-11-5-2-6-12-21;27-26(28)20-15-16-24-22(17-20)21-13-7-8-14-23(21)25(24,18-9-3-1-4-10-18)19-11-5-2-6-12-19;23-19-13-7-12-18(14-19)22-24-20(16-8-3-1-4-9-16)15-21(25-22)17-10-5-2-6-11-17;8-6-3-1-2-5(4-6)7(9)10/h1-36H;1-19H;1-17,27-28H;1-15H;1-4,9-10H. The van der Waals surface area contributed by atoms with Gasteiger partial charge in [0.2, 0.25) is 0 Å². The highest BCUT2D eigenvalue weighted by Crippen LogP contribution is 2.58. The van der Waals surface area contributed by atoms with E-state index in [1.54, 1.807) is 18.2 Å². The molecule has 2 aliphatic rings. The van der Waals surface area contributed by atoms with E-state index in [1.807, 2.05) is 182 Å². The van der Waals surface area contributed by atoms with E-state index in [-0.39, 0.29) is 0 Å². The Hall–Kier alpha value is -17.3. The van der Waals surface area contributed by atoms with Crippen LogP contribution in [0, 0.1) is 0 Å². The van der Waals surface area contributed by atoms with E-state index in [4.69, 9.17) is 63.2 Å². The molecule has 2 aliphatic carbocycles. The molecule has 0 amide bonds. The number of hydrogen-bond donors (Lipinski definition) is 4. The summed E-state index contributed by atoms with van der Waals surface area (Å²) in [6, 6.07) is 189. The summed E-state index contributed by atoms with van der Waals surface area (Å²) in [7, 11) is -2.92. The van der Waals surface area contributed by atoms with Gasteiger partial charge in [0.1, 0.15) is 0 Å². The molecule has 20 aromatic carbocycles. The first-order valence-electron chi connectivity index (χ1n) is 49.3. The minimum absolute atomic E-state index is 0.407. The lowest BCUT2D eigenvalue weighted by Gasteiger charge is -2.33. The number of hydrogen-bond acceptors (Lipinski definition) is 10. The van der Waals surface area contributed by atoms with Crippen LogP contribution in [0.25, 0.3) is 157 Å². The molecule has 10 nitrogen and oxygen atoms in total. The third kappa shape index (κ3) is 21.3. The highest BCUT2D eigenvalue weighted by Gasteiger charge is 2.48. The fourth-order valence-corrected chi connectivity index (χ4v) is 20.8. The third-order valence-corrected chi connectivity index (χ3v) is 28.0. The quantitative estimate of drug-likeness (QED) is 0.0610. The zero-order valence-corrected chi connectivity index (χ0v) is 83.9. The van der Waals surface area contributed by atoms with Crippen molar-refractivity contribution < 1.29 is 20.1 Å². The van der Waals surface area contributed by atoms with Crippen molar-refractivity contribution in [1.82, 2.24) is 29.9 Å². The van der Waals surface area contributed by atoms with Gasteiger partial charge in [-0.05, 0) is 190 Å². The van der Waals surface area contributed by atoms with Gasteiger partial charge in [-0.1, -0.05) is 512 Å². The first-order valence-corrected chi connectivity index (χ1v) is 50.8. The van der Waals surface area contributed by atoms with Crippen LogP contribution in [0.15, 0.2) is 557 Å². The molecule has 149 heavy (non-hydrogen) atoms. The molecule has 0 bridgehead atoms. The summed E-state index contributed by atoms with van der Waals surface area (Å²) >= 11 is 15.3. The molecular formula is C134H95B2BrCl2N6O4. The summed E-state index contributed by atoms with van der Waals surface area (Å²) < 4.78 is 1.01. The Morgan fingerprint density at radius 2 is 0.409 bits per heavy atom. The third-order valence-electron chi connectivity index (χ3n) is 27.0. The van der Waals surface area contributed by atoms with Crippen LogP contribution < -0.4 is 10.9 Å². The fourth-order valence-electron chi connectivity index (χ4n) is 20.0. The van der Waals surface area contributed by atoms with Crippen LogP contribution in [0.1, 0.15) is 44.5 Å². The lowest BCUT2D eigenvalue weighted by Crippen LogP contribution is -2.31. The molecule has 0 unspecified atom stereocenters. The average Bonchev–Trinajstić information content (AvgIpc) is 1.54. The van der Waals surface area contributed by atoms with E-state index < -0.39 is 25.1 Å². The van der Waals surface area contributed by atoms with Gasteiger partial charge in [0.05, 0.1) is 45.0 Å². The van der Waals surface area contributed by atoms with E-state index in [2.05, 4.69) is 362 Å². The van der Waals surface area contributed by atoms with E-state index in [1.165, 1.54) is 67.3 Å². The average molecular weight is 2030 g/mol. The maximum Gasteiger partial charge on any atom is 0.488 e. The second-order valence-electron chi connectivity index (χ2n) is 36.3. The van der Waals surface area contributed by atoms with Gasteiger partial charge in [-0.3, -0.25) is 0 Å². The first-order chi connectivity index (χ1) is 73.2. The molecule has 23 aromatic rings. The molecule has 0 spiro atoms. The van der Waals surface area contributed by atoms with Crippen LogP contribution in [0.3, 0.4) is 0 Å². The van der Waals surface area contributed by atoms with Crippen LogP contribution in [-0.2, 0) is 10.8 Å². The van der Waals surface area contributed by atoms with Crippen molar-refractivity contribution in [3.05, 3.63) is 611 Å². The topological polar surface area (TPSA) is 158 Å². The minimum Gasteiger partial charge on any atom is -0.423 e. The van der Waals surface area contributed by atoms with Crippen molar-refractivity contribution in [2.45, 2.75) is 10.8 Å². The Morgan fingerprint density at radius 3 is 0.725 bits per heavy atom. The summed E-state index contributed by atoms with van der Waals surface area (Å²) in [6.07, 6.45) is 0. The van der Waals surface area contributed by atoms with Crippen LogP contribution >= 0.6 is 39.1 Å². The molecule has 0 atom stereocenters. The largest absolute Gasteiger partial charge is 0.488 e. The van der Waals surface area contributed by atoms with Crippen molar-refractivity contribution in [2.24, 2.45) is 0 Å². The van der Waals surface area contributed by atoms with E-state index in [0.717, 1.165) is 138 Å². The minimum atomic E-state index is -1.49. The Labute approximate surface area is 886 Å². The SMILES string of the molecule is Brc1cccc(-c2nc(-c3ccccc3)cc(-c3ccccc3)n2)c1.Clc1cccc(-c2cccc(-c3nc(-c4ccccc4)cc(-c4ccccc4)n3)c2)c1.OB(O)c1ccc2c(c1)-c1ccccc1C2(c1ccccc1)c1ccccc1.OB(O)c1cccc(Cl)c1.c1ccc(-c2cc(-c3ccccc3)nc(-c3cccc(-c4cccc(-c5ccc6c(c5)-c5ccccc5C6(c5ccccc5)c5ccccc5)c4)c3)n2)cc1. The smallest absolute Gasteiger partial charge is 0.423 e. The van der Waals surface area contributed by atoms with Gasteiger partial charge in [0.15, 0.2) is 17.5 Å². The number of halogens is 3. The molecule has 4 N–H and O–H groups in total. The first kappa shape index (κ1) is 97.7. The van der Waals surface area contributed by atoms with Gasteiger partial charge in [-0.15, -0.1) is 0 Å². The molecular weight excluding hydrogens is 1930 g/mol. The van der Waals surface area contributed by atoms with Crippen molar-refractivity contribution in [1.29, 1.82) is 0 Å². The van der Waals surface area contributed by atoms with Gasteiger partial charge >= 0.3 is 14.2 Å². The van der Waals surface area contributed by atoms with Crippen molar-refractivity contribution in [3.63, 3.8) is 0 Å². The summed E-state index contributed by atoms with van der Waals surface area (Å²) in [6.45, 7) is 0. The summed E-state index contributed by atoms with van der Waals surface area (Å²) in [5.74, 6) is 2.13. The van der Waals surface area contributed by atoms with Crippen molar-refractivity contribution >= 4 is 64.3 Å². The van der Waals surface area contributed by atoms with E-state index in [9.17, 15) is 10.0 Å². The number of aromatic nitrogens is 6. The van der Waals surface area contributed by atoms with Crippen LogP contribution in [0.5, 0.6) is 0 Å². The molecule has 0 saturated heterocycles. The van der Waals surface area contributed by atoms with Crippen molar-refractivity contribution in [2.75, 3.05) is 0 Å². The lowest BCUT2D eigenvalue weighted by molar-refractivity contribution is 0.424. The van der Waals surface area contributed by atoms with Gasteiger partial charge in [-0.25, -0.2) is 29.9 Å². The number of fused-ring (bicyclic) bond motifs is 6. The zero-order valence-electron chi connectivity index (χ0n) is 80.8. The Kier molecular flexibility index (Phi) is 29.6. The molecule has 15 heteroatoms. The Bertz CT molecular complexity index is 8370. The van der Waals surface area contributed by atoms with Crippen LogP contribution in [-0.4, -0.2) is 64.2 Å². The Balaban J connectivity index is 0.000000118. The van der Waals surface area contributed by atoms with Crippen molar-refractivity contribution in [3.8, 4) is 157 Å².